The molecule has 0 saturated heterocycles. The number of ether oxygens (including phenoxy) is 1. The van der Waals surface area contributed by atoms with Crippen LogP contribution in [0, 0.1) is 0 Å². The number of aromatic nitrogens is 2. The Labute approximate surface area is 143 Å². The Hall–Kier alpha value is -2.67. The van der Waals surface area contributed by atoms with Gasteiger partial charge in [-0.1, -0.05) is 23.9 Å². The topological polar surface area (TPSA) is 69.3 Å². The number of imidazole rings is 1. The highest BCUT2D eigenvalue weighted by atomic mass is 32.2. The second-order valence-corrected chi connectivity index (χ2v) is 5.90. The van der Waals surface area contributed by atoms with E-state index in [1.165, 1.54) is 11.8 Å². The van der Waals surface area contributed by atoms with Gasteiger partial charge in [0.15, 0.2) is 5.16 Å². The fourth-order valence-electron chi connectivity index (χ4n) is 2.19. The number of hydrogen-bond acceptors (Lipinski definition) is 5. The van der Waals surface area contributed by atoms with Crippen LogP contribution in [0.2, 0.25) is 0 Å². The molecule has 124 valence electrons. The predicted octanol–water partition coefficient (Wildman–Crippen LogP) is 3.26. The molecule has 0 aliphatic heterocycles. The number of nitrogens with one attached hydrogen (secondary N) is 1. The van der Waals surface area contributed by atoms with E-state index in [2.05, 4.69) is 10.3 Å². The molecule has 1 N–H and O–H groups in total. The first-order valence-corrected chi connectivity index (χ1v) is 8.34. The number of nitrogens with zero attached hydrogens (tertiary/aromatic N) is 2. The number of rotatable bonds is 7. The first kappa shape index (κ1) is 16.2. The SMILES string of the molecule is COc1ccccc1NC(=O)CSc1nccn1Cc1ccco1. The van der Waals surface area contributed by atoms with Gasteiger partial charge in [0.2, 0.25) is 5.91 Å². The molecule has 1 amide bonds. The maximum Gasteiger partial charge on any atom is 0.234 e. The molecular weight excluding hydrogens is 326 g/mol. The summed E-state index contributed by atoms with van der Waals surface area (Å²) in [7, 11) is 1.57. The smallest absolute Gasteiger partial charge is 0.234 e. The normalized spacial score (nSPS) is 10.5. The Morgan fingerprint density at radius 3 is 3.00 bits per heavy atom. The number of anilines is 1. The number of carbonyl (C=O) groups is 1. The Morgan fingerprint density at radius 1 is 1.33 bits per heavy atom. The van der Waals surface area contributed by atoms with Gasteiger partial charge < -0.3 is 19.0 Å². The number of para-hydroxylation sites is 2. The zero-order valence-corrected chi connectivity index (χ0v) is 14.0. The monoisotopic (exact) mass is 343 g/mol. The highest BCUT2D eigenvalue weighted by Gasteiger charge is 2.11. The molecule has 0 unspecified atom stereocenters. The largest absolute Gasteiger partial charge is 0.495 e. The minimum atomic E-state index is -0.114. The van der Waals surface area contributed by atoms with Crippen molar-refractivity contribution in [1.82, 2.24) is 9.55 Å². The van der Waals surface area contributed by atoms with Crippen LogP contribution in [0.1, 0.15) is 5.76 Å². The lowest BCUT2D eigenvalue weighted by molar-refractivity contribution is -0.113. The molecule has 0 spiro atoms. The molecule has 2 heterocycles. The fraction of sp³-hybridized carbons (Fsp3) is 0.176. The van der Waals surface area contributed by atoms with Crippen LogP contribution in [-0.4, -0.2) is 28.3 Å². The van der Waals surface area contributed by atoms with Crippen LogP contribution in [0.3, 0.4) is 0 Å². The highest BCUT2D eigenvalue weighted by Crippen LogP contribution is 2.24. The Bertz CT molecular complexity index is 799. The van der Waals surface area contributed by atoms with E-state index in [4.69, 9.17) is 9.15 Å². The molecule has 0 saturated carbocycles. The van der Waals surface area contributed by atoms with Crippen molar-refractivity contribution < 1.29 is 13.9 Å². The van der Waals surface area contributed by atoms with Crippen molar-refractivity contribution in [2.45, 2.75) is 11.7 Å². The molecule has 0 aliphatic carbocycles. The minimum Gasteiger partial charge on any atom is -0.495 e. The molecule has 24 heavy (non-hydrogen) atoms. The van der Waals surface area contributed by atoms with Crippen LogP contribution in [-0.2, 0) is 11.3 Å². The molecular formula is C17H17N3O3S. The van der Waals surface area contributed by atoms with Crippen molar-refractivity contribution in [1.29, 1.82) is 0 Å². The zero-order chi connectivity index (χ0) is 16.8. The van der Waals surface area contributed by atoms with Gasteiger partial charge >= 0.3 is 0 Å². The maximum atomic E-state index is 12.2. The molecule has 0 fully saturated rings. The van der Waals surface area contributed by atoms with E-state index in [1.54, 1.807) is 31.7 Å². The first-order chi connectivity index (χ1) is 11.8. The fourth-order valence-corrected chi connectivity index (χ4v) is 2.95. The first-order valence-electron chi connectivity index (χ1n) is 7.35. The second kappa shape index (κ2) is 7.74. The van der Waals surface area contributed by atoms with Gasteiger partial charge in [-0.25, -0.2) is 4.98 Å². The van der Waals surface area contributed by atoms with Gasteiger partial charge in [0.25, 0.3) is 0 Å². The standard InChI is InChI=1S/C17H17N3O3S/c1-22-15-7-3-2-6-14(15)19-16(21)12-24-17-18-8-9-20(17)11-13-5-4-10-23-13/h2-10H,11-12H2,1H3,(H,19,21). The van der Waals surface area contributed by atoms with E-state index < -0.39 is 0 Å². The minimum absolute atomic E-state index is 0.114. The lowest BCUT2D eigenvalue weighted by Crippen LogP contribution is -2.15. The number of thioether (sulfide) groups is 1. The van der Waals surface area contributed by atoms with Gasteiger partial charge in [-0.05, 0) is 24.3 Å². The average Bonchev–Trinajstić information content (AvgIpc) is 3.26. The summed E-state index contributed by atoms with van der Waals surface area (Å²) in [5.41, 5.74) is 0.657. The summed E-state index contributed by atoms with van der Waals surface area (Å²) in [6.45, 7) is 0.587. The Morgan fingerprint density at radius 2 is 2.21 bits per heavy atom. The molecule has 1 aromatic carbocycles. The molecule has 0 radical (unpaired) electrons. The van der Waals surface area contributed by atoms with Gasteiger partial charge in [-0.15, -0.1) is 0 Å². The lowest BCUT2D eigenvalue weighted by atomic mass is 10.3. The Kier molecular flexibility index (Phi) is 5.22. The Balaban J connectivity index is 1.58. The highest BCUT2D eigenvalue weighted by molar-refractivity contribution is 7.99. The van der Waals surface area contributed by atoms with E-state index in [-0.39, 0.29) is 11.7 Å². The summed E-state index contributed by atoms with van der Waals surface area (Å²) >= 11 is 1.37. The van der Waals surface area contributed by atoms with Crippen molar-refractivity contribution in [3.8, 4) is 5.75 Å². The van der Waals surface area contributed by atoms with E-state index >= 15 is 0 Å². The van der Waals surface area contributed by atoms with Gasteiger partial charge in [-0.2, -0.15) is 0 Å². The van der Waals surface area contributed by atoms with E-state index in [0.29, 0.717) is 18.0 Å². The number of carbonyl (C=O) groups excluding carboxylic acids is 1. The van der Waals surface area contributed by atoms with E-state index in [1.807, 2.05) is 35.0 Å². The van der Waals surface area contributed by atoms with Gasteiger partial charge in [0, 0.05) is 12.4 Å². The van der Waals surface area contributed by atoms with Crippen molar-refractivity contribution in [2.24, 2.45) is 0 Å². The van der Waals surface area contributed by atoms with Gasteiger partial charge in [0.05, 0.1) is 31.4 Å². The summed E-state index contributed by atoms with van der Waals surface area (Å²) in [5.74, 6) is 1.62. The van der Waals surface area contributed by atoms with E-state index in [9.17, 15) is 4.79 Å². The molecule has 0 atom stereocenters. The number of hydrogen-bond donors (Lipinski definition) is 1. The molecule has 3 rings (SSSR count). The van der Waals surface area contributed by atoms with Crippen molar-refractivity contribution in [2.75, 3.05) is 18.2 Å². The number of methoxy groups -OCH3 is 1. The lowest BCUT2D eigenvalue weighted by Gasteiger charge is -2.10. The van der Waals surface area contributed by atoms with Gasteiger partial charge in [-0.3, -0.25) is 4.79 Å². The summed E-state index contributed by atoms with van der Waals surface area (Å²) in [4.78, 5) is 16.5. The van der Waals surface area contributed by atoms with Gasteiger partial charge in [0.1, 0.15) is 11.5 Å². The molecule has 6 nitrogen and oxygen atoms in total. The predicted molar refractivity (Wildman–Crippen MR) is 92.4 cm³/mol. The molecule has 0 aliphatic rings. The maximum absolute atomic E-state index is 12.2. The number of amides is 1. The molecule has 3 aromatic rings. The van der Waals surface area contributed by atoms with Crippen LogP contribution in [0.25, 0.3) is 0 Å². The quantitative estimate of drug-likeness (QED) is 0.667. The zero-order valence-electron chi connectivity index (χ0n) is 13.1. The third-order valence-corrected chi connectivity index (χ3v) is 4.30. The van der Waals surface area contributed by atoms with Crippen molar-refractivity contribution in [3.63, 3.8) is 0 Å². The summed E-state index contributed by atoms with van der Waals surface area (Å²) in [6, 6.07) is 11.1. The van der Waals surface area contributed by atoms with Crippen molar-refractivity contribution in [3.05, 3.63) is 60.8 Å². The van der Waals surface area contributed by atoms with Crippen LogP contribution in [0.5, 0.6) is 5.75 Å². The summed E-state index contributed by atoms with van der Waals surface area (Å²) in [6.07, 6.45) is 5.21. The van der Waals surface area contributed by atoms with Crippen LogP contribution >= 0.6 is 11.8 Å². The number of benzene rings is 1. The average molecular weight is 343 g/mol. The summed E-state index contributed by atoms with van der Waals surface area (Å²) in [5, 5.41) is 3.61. The van der Waals surface area contributed by atoms with E-state index in [0.717, 1.165) is 10.9 Å². The molecule has 0 bridgehead atoms. The molecule has 2 aromatic heterocycles. The second-order valence-electron chi connectivity index (χ2n) is 4.95. The summed E-state index contributed by atoms with van der Waals surface area (Å²) < 4.78 is 12.5. The van der Waals surface area contributed by atoms with Crippen LogP contribution in [0.4, 0.5) is 5.69 Å². The van der Waals surface area contributed by atoms with Crippen LogP contribution < -0.4 is 10.1 Å². The number of furan rings is 1. The molecule has 7 heteroatoms. The third kappa shape index (κ3) is 3.99. The third-order valence-electron chi connectivity index (χ3n) is 3.30. The van der Waals surface area contributed by atoms with Crippen LogP contribution in [0.15, 0.2) is 64.6 Å². The van der Waals surface area contributed by atoms with Crippen molar-refractivity contribution >= 4 is 23.4 Å².